The van der Waals surface area contributed by atoms with E-state index in [1.807, 2.05) is 12.1 Å². The van der Waals surface area contributed by atoms with Gasteiger partial charge in [-0.2, -0.15) is 0 Å². The number of rotatable bonds is 2. The quantitative estimate of drug-likeness (QED) is 0.874. The lowest BCUT2D eigenvalue weighted by atomic mass is 10.1. The van der Waals surface area contributed by atoms with Crippen molar-refractivity contribution >= 4 is 48.5 Å². The summed E-state index contributed by atoms with van der Waals surface area (Å²) in [7, 11) is 1.42. The van der Waals surface area contributed by atoms with Crippen molar-refractivity contribution in [3.05, 3.63) is 45.3 Å². The Bertz CT molecular complexity index is 544. The van der Waals surface area contributed by atoms with Crippen LogP contribution in [0.2, 0.25) is 0 Å². The van der Waals surface area contributed by atoms with Crippen LogP contribution in [0.4, 0.5) is 0 Å². The number of carbonyl (C=O) groups is 1. The minimum atomic E-state index is -0.433. The SMILES string of the molecule is Brc1ccc2c(Br)cccc2c1.COCC(N)=O. The number of halogens is 2. The largest absolute Gasteiger partial charge is 0.375 e. The van der Waals surface area contributed by atoms with Crippen molar-refractivity contribution in [2.75, 3.05) is 13.7 Å². The Morgan fingerprint density at radius 3 is 2.56 bits per heavy atom. The topological polar surface area (TPSA) is 52.3 Å². The van der Waals surface area contributed by atoms with Gasteiger partial charge in [0, 0.05) is 16.1 Å². The van der Waals surface area contributed by atoms with E-state index in [1.165, 1.54) is 17.9 Å². The zero-order chi connectivity index (χ0) is 13.5. The van der Waals surface area contributed by atoms with Gasteiger partial charge >= 0.3 is 0 Å². The molecule has 2 N–H and O–H groups in total. The molecule has 0 spiro atoms. The monoisotopic (exact) mass is 373 g/mol. The van der Waals surface area contributed by atoms with Crippen LogP contribution in [0.3, 0.4) is 0 Å². The van der Waals surface area contributed by atoms with Crippen molar-refractivity contribution in [3.8, 4) is 0 Å². The van der Waals surface area contributed by atoms with Crippen molar-refractivity contribution in [1.82, 2.24) is 0 Å². The summed E-state index contributed by atoms with van der Waals surface area (Å²) in [6.07, 6.45) is 0. The Hall–Kier alpha value is -0.910. The highest BCUT2D eigenvalue weighted by Crippen LogP contribution is 2.26. The van der Waals surface area contributed by atoms with Gasteiger partial charge in [0.1, 0.15) is 6.61 Å². The zero-order valence-corrected chi connectivity index (χ0v) is 13.0. The number of primary amides is 1. The fourth-order valence-electron chi connectivity index (χ4n) is 1.36. The number of amides is 1. The highest BCUT2D eigenvalue weighted by atomic mass is 79.9. The molecule has 3 nitrogen and oxygen atoms in total. The van der Waals surface area contributed by atoms with Gasteiger partial charge in [-0.25, -0.2) is 0 Å². The Labute approximate surface area is 123 Å². The summed E-state index contributed by atoms with van der Waals surface area (Å²) in [5, 5.41) is 2.50. The maximum absolute atomic E-state index is 9.70. The van der Waals surface area contributed by atoms with Crippen LogP contribution in [-0.4, -0.2) is 19.6 Å². The van der Waals surface area contributed by atoms with E-state index in [2.05, 4.69) is 66.6 Å². The summed E-state index contributed by atoms with van der Waals surface area (Å²) in [6.45, 7) is 0.0139. The molecule has 0 radical (unpaired) electrons. The first-order valence-corrected chi connectivity index (χ1v) is 6.74. The van der Waals surface area contributed by atoms with Crippen LogP contribution in [0.25, 0.3) is 10.8 Å². The van der Waals surface area contributed by atoms with E-state index in [4.69, 9.17) is 0 Å². The number of ether oxygens (including phenoxy) is 1. The maximum atomic E-state index is 9.70. The van der Waals surface area contributed by atoms with Crippen LogP contribution in [0, 0.1) is 0 Å². The molecule has 2 aromatic carbocycles. The van der Waals surface area contributed by atoms with Crippen molar-refractivity contribution in [2.45, 2.75) is 0 Å². The third kappa shape index (κ3) is 4.76. The summed E-state index contributed by atoms with van der Waals surface area (Å²) in [5.41, 5.74) is 4.64. The Morgan fingerprint density at radius 1 is 1.28 bits per heavy atom. The number of benzene rings is 2. The third-order valence-corrected chi connectivity index (χ3v) is 3.26. The maximum Gasteiger partial charge on any atom is 0.243 e. The molecule has 0 aliphatic rings. The molecule has 0 aliphatic heterocycles. The summed E-state index contributed by atoms with van der Waals surface area (Å²) in [5.74, 6) is -0.433. The van der Waals surface area contributed by atoms with Crippen molar-refractivity contribution in [1.29, 1.82) is 0 Å². The molecule has 0 saturated carbocycles. The molecule has 0 heterocycles. The van der Waals surface area contributed by atoms with Crippen molar-refractivity contribution in [3.63, 3.8) is 0 Å². The molecule has 2 aromatic rings. The van der Waals surface area contributed by atoms with Gasteiger partial charge in [-0.3, -0.25) is 4.79 Å². The predicted molar refractivity (Wildman–Crippen MR) is 80.4 cm³/mol. The van der Waals surface area contributed by atoms with Gasteiger partial charge in [0.05, 0.1) is 0 Å². The summed E-state index contributed by atoms with van der Waals surface area (Å²) in [6, 6.07) is 12.5. The molecule has 96 valence electrons. The second kappa shape index (κ2) is 7.51. The van der Waals surface area contributed by atoms with Gasteiger partial charge in [0.25, 0.3) is 0 Å². The predicted octanol–water partition coefficient (Wildman–Crippen LogP) is 3.48. The number of hydrogen-bond donors (Lipinski definition) is 1. The normalized spacial score (nSPS) is 9.72. The molecule has 18 heavy (non-hydrogen) atoms. The van der Waals surface area contributed by atoms with Crippen LogP contribution in [0.1, 0.15) is 0 Å². The molecule has 0 fully saturated rings. The molecular formula is C13H13Br2NO2. The van der Waals surface area contributed by atoms with E-state index in [0.29, 0.717) is 0 Å². The number of methoxy groups -OCH3 is 1. The molecule has 0 aromatic heterocycles. The third-order valence-electron chi connectivity index (χ3n) is 2.08. The molecule has 0 aliphatic carbocycles. The zero-order valence-electron chi connectivity index (χ0n) is 9.82. The molecule has 0 saturated heterocycles. The Balaban J connectivity index is 0.000000232. The van der Waals surface area contributed by atoms with Gasteiger partial charge in [-0.15, -0.1) is 0 Å². The molecule has 2 rings (SSSR count). The van der Waals surface area contributed by atoms with E-state index in [0.717, 1.165) is 8.95 Å². The van der Waals surface area contributed by atoms with Crippen LogP contribution in [0.15, 0.2) is 45.3 Å². The van der Waals surface area contributed by atoms with Gasteiger partial charge in [0.15, 0.2) is 0 Å². The van der Waals surface area contributed by atoms with Gasteiger partial charge in [-0.05, 0) is 29.0 Å². The molecular weight excluding hydrogens is 362 g/mol. The molecule has 0 unspecified atom stereocenters. The highest BCUT2D eigenvalue weighted by Gasteiger charge is 1.96. The molecule has 5 heteroatoms. The Morgan fingerprint density at radius 2 is 2.00 bits per heavy atom. The minimum absolute atomic E-state index is 0.0139. The van der Waals surface area contributed by atoms with Crippen LogP contribution in [0.5, 0.6) is 0 Å². The Kier molecular flexibility index (Phi) is 6.32. The first kappa shape index (κ1) is 15.1. The van der Waals surface area contributed by atoms with E-state index >= 15 is 0 Å². The van der Waals surface area contributed by atoms with Crippen LogP contribution < -0.4 is 5.73 Å². The second-order valence-electron chi connectivity index (χ2n) is 3.50. The summed E-state index contributed by atoms with van der Waals surface area (Å²) >= 11 is 6.95. The fraction of sp³-hybridized carbons (Fsp3) is 0.154. The standard InChI is InChI=1S/C10H6Br2.C3H7NO2/c11-8-4-5-9-7(6-8)2-1-3-10(9)12;1-6-2-3(4)5/h1-6H;2H2,1H3,(H2,4,5). The molecule has 1 amide bonds. The van der Waals surface area contributed by atoms with Gasteiger partial charge < -0.3 is 10.5 Å². The van der Waals surface area contributed by atoms with Crippen molar-refractivity contribution < 1.29 is 9.53 Å². The van der Waals surface area contributed by atoms with Crippen LogP contribution >= 0.6 is 31.9 Å². The summed E-state index contributed by atoms with van der Waals surface area (Å²) in [4.78, 5) is 9.70. The van der Waals surface area contributed by atoms with Crippen molar-refractivity contribution in [2.24, 2.45) is 5.73 Å². The molecule has 0 atom stereocenters. The fourth-order valence-corrected chi connectivity index (χ4v) is 2.25. The lowest BCUT2D eigenvalue weighted by Crippen LogP contribution is -2.16. The first-order valence-electron chi connectivity index (χ1n) is 5.15. The number of carbonyl (C=O) groups excluding carboxylic acids is 1. The van der Waals surface area contributed by atoms with E-state index in [-0.39, 0.29) is 6.61 Å². The second-order valence-corrected chi connectivity index (χ2v) is 5.27. The van der Waals surface area contributed by atoms with E-state index < -0.39 is 5.91 Å². The minimum Gasteiger partial charge on any atom is -0.375 e. The average Bonchev–Trinajstić information content (AvgIpc) is 2.29. The number of hydrogen-bond acceptors (Lipinski definition) is 2. The van der Waals surface area contributed by atoms with Gasteiger partial charge in [0.2, 0.25) is 5.91 Å². The number of nitrogens with two attached hydrogens (primary N) is 1. The number of fused-ring (bicyclic) bond motifs is 1. The van der Waals surface area contributed by atoms with E-state index in [9.17, 15) is 4.79 Å². The first-order chi connectivity index (χ1) is 8.54. The summed E-state index contributed by atoms with van der Waals surface area (Å²) < 4.78 is 6.59. The lowest BCUT2D eigenvalue weighted by molar-refractivity contribution is -0.121. The average molecular weight is 375 g/mol. The lowest BCUT2D eigenvalue weighted by Gasteiger charge is -1.99. The van der Waals surface area contributed by atoms with Crippen LogP contribution in [-0.2, 0) is 9.53 Å². The highest BCUT2D eigenvalue weighted by molar-refractivity contribution is 9.11. The molecule has 0 bridgehead atoms. The smallest absolute Gasteiger partial charge is 0.243 e. The van der Waals surface area contributed by atoms with Gasteiger partial charge in [-0.1, -0.05) is 50.1 Å². The van der Waals surface area contributed by atoms with E-state index in [1.54, 1.807) is 0 Å².